The molecule has 0 aliphatic carbocycles. The molecule has 0 atom stereocenters. The number of nitrogens with zero attached hydrogens (tertiary/aromatic N) is 1. The number of imide groups is 1. The number of amides is 2. The number of Topliss-reactive ketones (excluding diaryl/α,β-unsaturated/α-hetero) is 1. The van der Waals surface area contributed by atoms with E-state index in [0.717, 1.165) is 0 Å². The van der Waals surface area contributed by atoms with Gasteiger partial charge in [-0.2, -0.15) is 0 Å². The van der Waals surface area contributed by atoms with Crippen molar-refractivity contribution >= 4 is 17.6 Å². The van der Waals surface area contributed by atoms with Gasteiger partial charge in [0.25, 0.3) is 11.8 Å². The average Bonchev–Trinajstić information content (AvgIpc) is 2.59. The molecule has 0 fully saturated rings. The van der Waals surface area contributed by atoms with Crippen molar-refractivity contribution in [2.45, 2.75) is 20.8 Å². The Morgan fingerprint density at radius 2 is 1.58 bits per heavy atom. The fourth-order valence-electron chi connectivity index (χ4n) is 1.62. The first-order valence-electron chi connectivity index (χ1n) is 5.96. The van der Waals surface area contributed by atoms with Crippen LogP contribution >= 0.6 is 0 Å². The van der Waals surface area contributed by atoms with Gasteiger partial charge in [-0.15, -0.1) is 5.06 Å². The third kappa shape index (κ3) is 2.42. The molecule has 5 nitrogen and oxygen atoms in total. The zero-order valence-corrected chi connectivity index (χ0v) is 11.1. The first-order chi connectivity index (χ1) is 8.82. The SMILES string of the molecule is CC(C)(C)C(=O)CON1C(=O)c2ccccc2C1=O. The van der Waals surface area contributed by atoms with Crippen LogP contribution in [0.4, 0.5) is 0 Å². The Labute approximate surface area is 111 Å². The molecule has 1 aliphatic rings. The lowest BCUT2D eigenvalue weighted by Crippen LogP contribution is -2.35. The normalized spacial score (nSPS) is 14.8. The molecule has 1 aliphatic heterocycles. The van der Waals surface area contributed by atoms with E-state index in [4.69, 9.17) is 4.84 Å². The van der Waals surface area contributed by atoms with Crippen LogP contribution in [-0.2, 0) is 9.63 Å². The quantitative estimate of drug-likeness (QED) is 0.779. The third-order valence-corrected chi connectivity index (χ3v) is 2.92. The van der Waals surface area contributed by atoms with Crippen LogP contribution in [0, 0.1) is 5.41 Å². The second kappa shape index (κ2) is 4.59. The zero-order valence-electron chi connectivity index (χ0n) is 11.1. The highest BCUT2D eigenvalue weighted by molar-refractivity contribution is 6.20. The Morgan fingerprint density at radius 1 is 1.11 bits per heavy atom. The van der Waals surface area contributed by atoms with Crippen LogP contribution in [0.5, 0.6) is 0 Å². The Morgan fingerprint density at radius 3 is 2.00 bits per heavy atom. The van der Waals surface area contributed by atoms with E-state index in [2.05, 4.69) is 0 Å². The number of fused-ring (bicyclic) bond motifs is 1. The number of ketones is 1. The molecule has 2 rings (SSSR count). The summed E-state index contributed by atoms with van der Waals surface area (Å²) in [6.07, 6.45) is 0. The number of benzene rings is 1. The van der Waals surface area contributed by atoms with Gasteiger partial charge >= 0.3 is 0 Å². The number of carbonyl (C=O) groups is 3. The Kier molecular flexibility index (Phi) is 3.24. The predicted molar refractivity (Wildman–Crippen MR) is 67.4 cm³/mol. The molecule has 2 amide bonds. The van der Waals surface area contributed by atoms with Crippen LogP contribution in [0.1, 0.15) is 41.5 Å². The smallest absolute Gasteiger partial charge is 0.285 e. The third-order valence-electron chi connectivity index (χ3n) is 2.92. The number of hydroxylamine groups is 2. The maximum Gasteiger partial charge on any atom is 0.285 e. The molecule has 0 saturated heterocycles. The summed E-state index contributed by atoms with van der Waals surface area (Å²) in [6.45, 7) is 4.96. The van der Waals surface area contributed by atoms with Crippen LogP contribution in [-0.4, -0.2) is 29.3 Å². The van der Waals surface area contributed by atoms with Crippen LogP contribution in [0.25, 0.3) is 0 Å². The van der Waals surface area contributed by atoms with Gasteiger partial charge in [0.05, 0.1) is 11.1 Å². The minimum atomic E-state index is -0.571. The van der Waals surface area contributed by atoms with E-state index in [0.29, 0.717) is 16.2 Å². The van der Waals surface area contributed by atoms with Crippen LogP contribution in [0.2, 0.25) is 0 Å². The summed E-state index contributed by atoms with van der Waals surface area (Å²) in [5, 5.41) is 0.661. The van der Waals surface area contributed by atoms with Gasteiger partial charge < -0.3 is 0 Å². The van der Waals surface area contributed by atoms with Gasteiger partial charge in [0.1, 0.15) is 6.61 Å². The lowest BCUT2D eigenvalue weighted by molar-refractivity contribution is -0.144. The lowest BCUT2D eigenvalue weighted by Gasteiger charge is -2.18. The zero-order chi connectivity index (χ0) is 14.2. The molecular formula is C14H15NO4. The Balaban J connectivity index is 2.11. The van der Waals surface area contributed by atoms with E-state index in [1.54, 1.807) is 45.0 Å². The topological polar surface area (TPSA) is 63.7 Å². The summed E-state index contributed by atoms with van der Waals surface area (Å²) < 4.78 is 0. The molecule has 0 spiro atoms. The van der Waals surface area contributed by atoms with Crippen molar-refractivity contribution in [1.29, 1.82) is 0 Å². The highest BCUT2D eigenvalue weighted by Crippen LogP contribution is 2.23. The second-order valence-corrected chi connectivity index (χ2v) is 5.40. The molecule has 100 valence electrons. The molecular weight excluding hydrogens is 246 g/mol. The van der Waals surface area contributed by atoms with Gasteiger partial charge in [0, 0.05) is 5.41 Å². The highest BCUT2D eigenvalue weighted by atomic mass is 16.7. The van der Waals surface area contributed by atoms with E-state index in [9.17, 15) is 14.4 Å². The largest absolute Gasteiger partial charge is 0.296 e. The molecule has 0 radical (unpaired) electrons. The van der Waals surface area contributed by atoms with Crippen molar-refractivity contribution in [1.82, 2.24) is 5.06 Å². The molecule has 0 aromatic heterocycles. The van der Waals surface area contributed by atoms with Gasteiger partial charge in [0.2, 0.25) is 0 Å². The van der Waals surface area contributed by atoms with Gasteiger partial charge in [-0.05, 0) is 12.1 Å². The van der Waals surface area contributed by atoms with Crippen molar-refractivity contribution in [2.24, 2.45) is 5.41 Å². The van der Waals surface area contributed by atoms with Crippen LogP contribution in [0.15, 0.2) is 24.3 Å². The molecule has 1 aromatic rings. The molecule has 0 saturated carbocycles. The van der Waals surface area contributed by atoms with Crippen LogP contribution < -0.4 is 0 Å². The minimum Gasteiger partial charge on any atom is -0.296 e. The summed E-state index contributed by atoms with van der Waals surface area (Å²) >= 11 is 0. The number of hydrogen-bond acceptors (Lipinski definition) is 4. The van der Waals surface area contributed by atoms with Crippen LogP contribution in [0.3, 0.4) is 0 Å². The maximum absolute atomic E-state index is 11.9. The number of hydrogen-bond donors (Lipinski definition) is 0. The van der Waals surface area contributed by atoms with Gasteiger partial charge in [-0.3, -0.25) is 19.2 Å². The minimum absolute atomic E-state index is 0.177. The summed E-state index contributed by atoms with van der Waals surface area (Å²) in [7, 11) is 0. The van der Waals surface area contributed by atoms with E-state index >= 15 is 0 Å². The number of rotatable bonds is 3. The fourth-order valence-corrected chi connectivity index (χ4v) is 1.62. The first-order valence-corrected chi connectivity index (χ1v) is 5.96. The highest BCUT2D eigenvalue weighted by Gasteiger charge is 2.37. The van der Waals surface area contributed by atoms with Crippen molar-refractivity contribution in [2.75, 3.05) is 6.61 Å². The Bertz CT molecular complexity index is 522. The van der Waals surface area contributed by atoms with Crippen molar-refractivity contribution < 1.29 is 19.2 Å². The first kappa shape index (κ1) is 13.4. The van der Waals surface area contributed by atoms with E-state index in [1.807, 2.05) is 0 Å². The summed E-state index contributed by atoms with van der Waals surface area (Å²) in [5.74, 6) is -1.23. The maximum atomic E-state index is 11.9. The molecule has 19 heavy (non-hydrogen) atoms. The van der Waals surface area contributed by atoms with Gasteiger partial charge in [-0.25, -0.2) is 0 Å². The van der Waals surface area contributed by atoms with E-state index in [1.165, 1.54) is 0 Å². The number of carbonyl (C=O) groups excluding carboxylic acids is 3. The second-order valence-electron chi connectivity index (χ2n) is 5.40. The van der Waals surface area contributed by atoms with Crippen molar-refractivity contribution in [3.05, 3.63) is 35.4 Å². The summed E-state index contributed by atoms with van der Waals surface area (Å²) in [6, 6.07) is 6.47. The van der Waals surface area contributed by atoms with Gasteiger partial charge in [0.15, 0.2) is 5.78 Å². The molecule has 1 heterocycles. The molecule has 0 bridgehead atoms. The standard InChI is InChI=1S/C14H15NO4/c1-14(2,3)11(16)8-19-15-12(17)9-6-4-5-7-10(9)13(15)18/h4-7H,8H2,1-3H3. The lowest BCUT2D eigenvalue weighted by atomic mass is 9.91. The van der Waals surface area contributed by atoms with E-state index in [-0.39, 0.29) is 12.4 Å². The molecule has 0 unspecified atom stereocenters. The average molecular weight is 261 g/mol. The van der Waals surface area contributed by atoms with E-state index < -0.39 is 17.2 Å². The Hall–Kier alpha value is -2.01. The predicted octanol–water partition coefficient (Wildman–Crippen LogP) is 1.83. The fraction of sp³-hybridized carbons (Fsp3) is 0.357. The molecule has 5 heteroatoms. The monoisotopic (exact) mass is 261 g/mol. The van der Waals surface area contributed by atoms with Gasteiger partial charge in [-0.1, -0.05) is 32.9 Å². The molecule has 1 aromatic carbocycles. The van der Waals surface area contributed by atoms with Crippen molar-refractivity contribution in [3.63, 3.8) is 0 Å². The molecule has 0 N–H and O–H groups in total. The van der Waals surface area contributed by atoms with Crippen molar-refractivity contribution in [3.8, 4) is 0 Å². The summed E-state index contributed by atoms with van der Waals surface area (Å²) in [5.41, 5.74) is 0.0324. The summed E-state index contributed by atoms with van der Waals surface area (Å²) in [4.78, 5) is 40.7.